The van der Waals surface area contributed by atoms with Crippen LogP contribution in [0.2, 0.25) is 0 Å². The van der Waals surface area contributed by atoms with Crippen LogP contribution in [0, 0.1) is 11.3 Å². The molecule has 0 radical (unpaired) electrons. The van der Waals surface area contributed by atoms with E-state index in [-0.39, 0.29) is 5.41 Å². The number of amides is 1. The lowest BCUT2D eigenvalue weighted by molar-refractivity contribution is -0.138. The third-order valence-electron chi connectivity index (χ3n) is 2.91. The Labute approximate surface area is 74.9 Å². The van der Waals surface area contributed by atoms with Crippen LogP contribution in [0.25, 0.3) is 0 Å². The number of rotatable bonds is 1. The summed E-state index contributed by atoms with van der Waals surface area (Å²) in [5.41, 5.74) is -0.0666. The summed E-state index contributed by atoms with van der Waals surface area (Å²) in [4.78, 5) is 13.5. The minimum absolute atomic E-state index is 0.0666. The van der Waals surface area contributed by atoms with Crippen molar-refractivity contribution in [1.29, 1.82) is 0 Å². The standard InChI is InChI=1S/C10H19NO/c1-8-5-6-10(2,7-8)9(12)11(3)4/h8H,5-7H2,1-4H3. The maximum absolute atomic E-state index is 11.7. The fourth-order valence-electron chi connectivity index (χ4n) is 2.27. The number of hydrogen-bond donors (Lipinski definition) is 0. The number of hydrogen-bond acceptors (Lipinski definition) is 1. The Morgan fingerprint density at radius 1 is 1.50 bits per heavy atom. The van der Waals surface area contributed by atoms with Crippen LogP contribution < -0.4 is 0 Å². The van der Waals surface area contributed by atoms with Crippen LogP contribution in [0.4, 0.5) is 0 Å². The SMILES string of the molecule is CC1CCC(C)(C(=O)N(C)C)C1. The van der Waals surface area contributed by atoms with E-state index in [4.69, 9.17) is 0 Å². The van der Waals surface area contributed by atoms with Gasteiger partial charge in [-0.15, -0.1) is 0 Å². The van der Waals surface area contributed by atoms with Crippen molar-refractivity contribution in [3.63, 3.8) is 0 Å². The monoisotopic (exact) mass is 169 g/mol. The van der Waals surface area contributed by atoms with Crippen LogP contribution >= 0.6 is 0 Å². The highest BCUT2D eigenvalue weighted by atomic mass is 16.2. The van der Waals surface area contributed by atoms with E-state index in [0.717, 1.165) is 18.8 Å². The molecule has 0 saturated heterocycles. The molecule has 1 saturated carbocycles. The maximum atomic E-state index is 11.7. The highest BCUT2D eigenvalue weighted by Gasteiger charge is 2.40. The average Bonchev–Trinajstić information content (AvgIpc) is 2.31. The first-order valence-electron chi connectivity index (χ1n) is 4.67. The van der Waals surface area contributed by atoms with Gasteiger partial charge in [-0.2, -0.15) is 0 Å². The van der Waals surface area contributed by atoms with Crippen molar-refractivity contribution < 1.29 is 4.79 Å². The van der Waals surface area contributed by atoms with Crippen molar-refractivity contribution in [3.05, 3.63) is 0 Å². The molecule has 70 valence electrons. The van der Waals surface area contributed by atoms with Gasteiger partial charge in [0.25, 0.3) is 0 Å². The second-order valence-electron chi connectivity index (χ2n) is 4.61. The Kier molecular flexibility index (Phi) is 2.45. The third kappa shape index (κ3) is 1.62. The lowest BCUT2D eigenvalue weighted by Crippen LogP contribution is -2.36. The predicted octanol–water partition coefficient (Wildman–Crippen LogP) is 1.90. The Morgan fingerprint density at radius 3 is 2.42 bits per heavy atom. The van der Waals surface area contributed by atoms with E-state index in [9.17, 15) is 4.79 Å². The lowest BCUT2D eigenvalue weighted by atomic mass is 9.86. The molecule has 2 heteroatoms. The Morgan fingerprint density at radius 2 is 2.08 bits per heavy atom. The molecule has 0 spiro atoms. The van der Waals surface area contributed by atoms with Crippen molar-refractivity contribution in [2.24, 2.45) is 11.3 Å². The first-order chi connectivity index (χ1) is 5.46. The van der Waals surface area contributed by atoms with E-state index in [2.05, 4.69) is 13.8 Å². The molecule has 0 N–H and O–H groups in total. The van der Waals surface area contributed by atoms with Crippen LogP contribution in [-0.2, 0) is 4.79 Å². The molecular formula is C10H19NO. The predicted molar refractivity (Wildman–Crippen MR) is 49.8 cm³/mol. The minimum atomic E-state index is -0.0666. The minimum Gasteiger partial charge on any atom is -0.348 e. The fourth-order valence-corrected chi connectivity index (χ4v) is 2.27. The van der Waals surface area contributed by atoms with Gasteiger partial charge in [0.1, 0.15) is 0 Å². The molecule has 0 heterocycles. The van der Waals surface area contributed by atoms with E-state index >= 15 is 0 Å². The van der Waals surface area contributed by atoms with E-state index in [0.29, 0.717) is 5.91 Å². The molecule has 1 aliphatic rings. The number of carbonyl (C=O) groups excluding carboxylic acids is 1. The summed E-state index contributed by atoms with van der Waals surface area (Å²) in [6.07, 6.45) is 3.32. The van der Waals surface area contributed by atoms with Crippen molar-refractivity contribution in [1.82, 2.24) is 4.90 Å². The zero-order chi connectivity index (χ0) is 9.35. The summed E-state index contributed by atoms with van der Waals surface area (Å²) >= 11 is 0. The van der Waals surface area contributed by atoms with Gasteiger partial charge in [-0.3, -0.25) is 4.79 Å². The Bertz CT molecular complexity index is 188. The fraction of sp³-hybridized carbons (Fsp3) is 0.900. The summed E-state index contributed by atoms with van der Waals surface area (Å²) in [5.74, 6) is 1.02. The zero-order valence-electron chi connectivity index (χ0n) is 8.55. The van der Waals surface area contributed by atoms with Crippen molar-refractivity contribution in [3.8, 4) is 0 Å². The smallest absolute Gasteiger partial charge is 0.227 e. The topological polar surface area (TPSA) is 20.3 Å². The molecule has 2 atom stereocenters. The first kappa shape index (κ1) is 9.56. The van der Waals surface area contributed by atoms with Gasteiger partial charge in [0.2, 0.25) is 5.91 Å². The Balaban J connectivity index is 2.67. The molecule has 1 fully saturated rings. The zero-order valence-corrected chi connectivity index (χ0v) is 8.55. The van der Waals surface area contributed by atoms with E-state index < -0.39 is 0 Å². The summed E-state index contributed by atoms with van der Waals surface area (Å²) in [6, 6.07) is 0. The van der Waals surface area contributed by atoms with Crippen LogP contribution in [-0.4, -0.2) is 24.9 Å². The molecule has 1 rings (SSSR count). The molecule has 12 heavy (non-hydrogen) atoms. The molecule has 2 nitrogen and oxygen atoms in total. The third-order valence-corrected chi connectivity index (χ3v) is 2.91. The average molecular weight is 169 g/mol. The van der Waals surface area contributed by atoms with Crippen molar-refractivity contribution in [2.75, 3.05) is 14.1 Å². The molecular weight excluding hydrogens is 150 g/mol. The first-order valence-corrected chi connectivity index (χ1v) is 4.67. The second kappa shape index (κ2) is 3.08. The van der Waals surface area contributed by atoms with Crippen LogP contribution in [0.1, 0.15) is 33.1 Å². The normalized spacial score (nSPS) is 35.2. The highest BCUT2D eigenvalue weighted by molar-refractivity contribution is 5.82. The van der Waals surface area contributed by atoms with Crippen LogP contribution in [0.3, 0.4) is 0 Å². The summed E-state index contributed by atoms with van der Waals surface area (Å²) < 4.78 is 0. The molecule has 1 amide bonds. The van der Waals surface area contributed by atoms with Gasteiger partial charge in [0.15, 0.2) is 0 Å². The highest BCUT2D eigenvalue weighted by Crippen LogP contribution is 2.42. The maximum Gasteiger partial charge on any atom is 0.227 e. The number of nitrogens with zero attached hydrogens (tertiary/aromatic N) is 1. The molecule has 1 aliphatic carbocycles. The van der Waals surface area contributed by atoms with E-state index in [1.807, 2.05) is 14.1 Å². The van der Waals surface area contributed by atoms with Crippen molar-refractivity contribution >= 4 is 5.91 Å². The molecule has 0 aromatic carbocycles. The quantitative estimate of drug-likeness (QED) is 0.587. The molecule has 2 unspecified atom stereocenters. The van der Waals surface area contributed by atoms with E-state index in [1.165, 1.54) is 6.42 Å². The van der Waals surface area contributed by atoms with Crippen molar-refractivity contribution in [2.45, 2.75) is 33.1 Å². The van der Waals surface area contributed by atoms with Gasteiger partial charge >= 0.3 is 0 Å². The van der Waals surface area contributed by atoms with Gasteiger partial charge in [0, 0.05) is 19.5 Å². The summed E-state index contributed by atoms with van der Waals surface area (Å²) in [7, 11) is 3.69. The van der Waals surface area contributed by atoms with Crippen LogP contribution in [0.15, 0.2) is 0 Å². The van der Waals surface area contributed by atoms with Gasteiger partial charge in [-0.25, -0.2) is 0 Å². The second-order valence-corrected chi connectivity index (χ2v) is 4.61. The summed E-state index contributed by atoms with van der Waals surface area (Å²) in [6.45, 7) is 4.33. The van der Waals surface area contributed by atoms with Gasteiger partial charge in [-0.05, 0) is 25.2 Å². The molecule has 0 aliphatic heterocycles. The Hall–Kier alpha value is -0.530. The van der Waals surface area contributed by atoms with E-state index in [1.54, 1.807) is 4.90 Å². The summed E-state index contributed by atoms with van der Waals surface area (Å²) in [5, 5.41) is 0. The molecule has 0 bridgehead atoms. The molecule has 0 aromatic rings. The van der Waals surface area contributed by atoms with Gasteiger partial charge in [0.05, 0.1) is 0 Å². The largest absolute Gasteiger partial charge is 0.348 e. The van der Waals surface area contributed by atoms with Gasteiger partial charge < -0.3 is 4.90 Å². The number of carbonyl (C=O) groups is 1. The molecule has 0 aromatic heterocycles. The van der Waals surface area contributed by atoms with Gasteiger partial charge in [-0.1, -0.05) is 13.8 Å². The lowest BCUT2D eigenvalue weighted by Gasteiger charge is -2.26. The van der Waals surface area contributed by atoms with Crippen LogP contribution in [0.5, 0.6) is 0 Å².